The van der Waals surface area contributed by atoms with Crippen LogP contribution in [-0.2, 0) is 16.6 Å². The van der Waals surface area contributed by atoms with Crippen LogP contribution in [-0.4, -0.2) is 11.1 Å². The maximum Gasteiger partial charge on any atom is 0.314 e. The first-order chi connectivity index (χ1) is 12.2. The van der Waals surface area contributed by atoms with Gasteiger partial charge in [-0.3, -0.25) is 4.79 Å². The number of unbranched alkanes of at least 4 members (excludes halogenated alkanes) is 5. The zero-order valence-corrected chi connectivity index (χ0v) is 15.3. The lowest BCUT2D eigenvalue weighted by molar-refractivity contribution is -0.144. The van der Waals surface area contributed by atoms with E-state index >= 15 is 0 Å². The molecule has 0 saturated heterocycles. The van der Waals surface area contributed by atoms with Gasteiger partial charge >= 0.3 is 5.97 Å². The molecule has 2 nitrogen and oxygen atoms in total. The quantitative estimate of drug-likeness (QED) is 0.510. The third kappa shape index (κ3) is 5.45. The van der Waals surface area contributed by atoms with E-state index in [-0.39, 0.29) is 0 Å². The molecule has 1 atom stereocenters. The van der Waals surface area contributed by atoms with Crippen LogP contribution in [0.25, 0.3) is 0 Å². The van der Waals surface area contributed by atoms with Gasteiger partial charge in [-0.1, -0.05) is 106 Å². The number of hydrogen-bond acceptors (Lipinski definition) is 1. The number of carbonyl (C=O) groups is 1. The Hall–Kier alpha value is -2.09. The third-order valence-electron chi connectivity index (χ3n) is 5.04. The van der Waals surface area contributed by atoms with Gasteiger partial charge in [-0.15, -0.1) is 0 Å². The number of rotatable bonds is 11. The monoisotopic (exact) mass is 338 g/mol. The standard InChI is InChI=1S/C23H30O2/c1-2-3-4-5-6-13-18-23(22(24)25,21-16-11-8-12-17-21)19-20-14-9-7-10-15-20/h7-12,14-17H,2-6,13,18-19H2,1H3,(H,24,25). The summed E-state index contributed by atoms with van der Waals surface area (Å²) in [5, 5.41) is 10.2. The molecular weight excluding hydrogens is 308 g/mol. The average Bonchev–Trinajstić information content (AvgIpc) is 2.65. The van der Waals surface area contributed by atoms with Crippen molar-refractivity contribution in [1.82, 2.24) is 0 Å². The van der Waals surface area contributed by atoms with Crippen molar-refractivity contribution in [3.8, 4) is 0 Å². The Morgan fingerprint density at radius 1 is 0.840 bits per heavy atom. The molecule has 0 saturated carbocycles. The lowest BCUT2D eigenvalue weighted by atomic mass is 9.72. The molecule has 0 aliphatic carbocycles. The zero-order chi connectivity index (χ0) is 18.0. The van der Waals surface area contributed by atoms with E-state index in [1.165, 1.54) is 25.7 Å². The smallest absolute Gasteiger partial charge is 0.314 e. The molecule has 0 spiro atoms. The predicted octanol–water partition coefficient (Wildman–Crippen LogP) is 6.00. The van der Waals surface area contributed by atoms with Gasteiger partial charge in [0.25, 0.3) is 0 Å². The molecule has 0 aromatic heterocycles. The van der Waals surface area contributed by atoms with Gasteiger partial charge in [0.15, 0.2) is 0 Å². The predicted molar refractivity (Wildman–Crippen MR) is 104 cm³/mol. The minimum absolute atomic E-state index is 0.544. The van der Waals surface area contributed by atoms with E-state index in [0.29, 0.717) is 12.8 Å². The fourth-order valence-electron chi connectivity index (χ4n) is 3.55. The van der Waals surface area contributed by atoms with Gasteiger partial charge in [-0.2, -0.15) is 0 Å². The molecule has 0 aliphatic heterocycles. The first kappa shape index (κ1) is 19.2. The van der Waals surface area contributed by atoms with Crippen LogP contribution < -0.4 is 0 Å². The van der Waals surface area contributed by atoms with Crippen molar-refractivity contribution in [2.24, 2.45) is 0 Å². The Morgan fingerprint density at radius 2 is 1.40 bits per heavy atom. The van der Waals surface area contributed by atoms with E-state index in [9.17, 15) is 9.90 Å². The summed E-state index contributed by atoms with van der Waals surface area (Å²) in [5.74, 6) is -0.712. The lowest BCUT2D eigenvalue weighted by Crippen LogP contribution is -2.38. The molecule has 1 N–H and O–H groups in total. The second-order valence-corrected chi connectivity index (χ2v) is 6.93. The van der Waals surface area contributed by atoms with Crippen molar-refractivity contribution in [3.63, 3.8) is 0 Å². The third-order valence-corrected chi connectivity index (χ3v) is 5.04. The SMILES string of the molecule is CCCCCCCCC(Cc1ccccc1)(C(=O)O)c1ccccc1. The van der Waals surface area contributed by atoms with Gasteiger partial charge in [-0.05, 0) is 24.0 Å². The maximum atomic E-state index is 12.4. The number of carboxylic acid groups (broad SMARTS) is 1. The molecule has 0 radical (unpaired) electrons. The summed E-state index contributed by atoms with van der Waals surface area (Å²) in [6.07, 6.45) is 8.25. The second-order valence-electron chi connectivity index (χ2n) is 6.93. The van der Waals surface area contributed by atoms with Crippen molar-refractivity contribution in [3.05, 3.63) is 71.8 Å². The number of hydrogen-bond donors (Lipinski definition) is 1. The minimum Gasteiger partial charge on any atom is -0.481 e. The highest BCUT2D eigenvalue weighted by atomic mass is 16.4. The van der Waals surface area contributed by atoms with E-state index in [4.69, 9.17) is 0 Å². The number of carboxylic acids is 1. The molecule has 2 aromatic carbocycles. The first-order valence-electron chi connectivity index (χ1n) is 9.52. The molecule has 134 valence electrons. The molecule has 2 heteroatoms. The molecule has 1 unspecified atom stereocenters. The van der Waals surface area contributed by atoms with Crippen LogP contribution >= 0.6 is 0 Å². The Bertz CT molecular complexity index is 621. The molecule has 0 bridgehead atoms. The highest BCUT2D eigenvalue weighted by Gasteiger charge is 2.39. The summed E-state index contributed by atoms with van der Waals surface area (Å²) in [6.45, 7) is 2.21. The average molecular weight is 338 g/mol. The Labute approximate surface area is 151 Å². The van der Waals surface area contributed by atoms with Crippen molar-refractivity contribution in [2.45, 2.75) is 63.7 Å². The van der Waals surface area contributed by atoms with Crippen LogP contribution in [0.1, 0.15) is 63.0 Å². The van der Waals surface area contributed by atoms with Crippen molar-refractivity contribution in [2.75, 3.05) is 0 Å². The first-order valence-corrected chi connectivity index (χ1v) is 9.52. The van der Waals surface area contributed by atoms with Crippen molar-refractivity contribution >= 4 is 5.97 Å². The zero-order valence-electron chi connectivity index (χ0n) is 15.3. The van der Waals surface area contributed by atoms with Crippen molar-refractivity contribution in [1.29, 1.82) is 0 Å². The van der Waals surface area contributed by atoms with Crippen LogP contribution in [0.4, 0.5) is 0 Å². The maximum absolute atomic E-state index is 12.4. The van der Waals surface area contributed by atoms with Gasteiger partial charge in [0.1, 0.15) is 0 Å². The van der Waals surface area contributed by atoms with Crippen LogP contribution in [0, 0.1) is 0 Å². The summed E-state index contributed by atoms with van der Waals surface area (Å²) in [4.78, 5) is 12.4. The fraction of sp³-hybridized carbons (Fsp3) is 0.435. The van der Waals surface area contributed by atoms with Crippen LogP contribution in [0.2, 0.25) is 0 Å². The summed E-state index contributed by atoms with van der Waals surface area (Å²) in [6, 6.07) is 19.8. The summed E-state index contributed by atoms with van der Waals surface area (Å²) < 4.78 is 0. The Morgan fingerprint density at radius 3 is 2.00 bits per heavy atom. The van der Waals surface area contributed by atoms with E-state index in [2.05, 4.69) is 6.92 Å². The Balaban J connectivity index is 2.18. The van der Waals surface area contributed by atoms with Gasteiger partial charge in [0.2, 0.25) is 0 Å². The highest BCUT2D eigenvalue weighted by molar-refractivity contribution is 5.82. The van der Waals surface area contributed by atoms with Crippen LogP contribution in [0.3, 0.4) is 0 Å². The van der Waals surface area contributed by atoms with E-state index in [1.807, 2.05) is 60.7 Å². The van der Waals surface area contributed by atoms with Gasteiger partial charge in [-0.25, -0.2) is 0 Å². The molecule has 2 rings (SSSR count). The number of benzene rings is 2. The molecule has 0 amide bonds. The minimum atomic E-state index is -0.840. The normalized spacial score (nSPS) is 13.3. The topological polar surface area (TPSA) is 37.3 Å². The second kappa shape index (κ2) is 10.0. The van der Waals surface area contributed by atoms with Crippen LogP contribution in [0.5, 0.6) is 0 Å². The van der Waals surface area contributed by atoms with Gasteiger partial charge in [0.05, 0.1) is 5.41 Å². The van der Waals surface area contributed by atoms with Gasteiger partial charge < -0.3 is 5.11 Å². The molecule has 0 fully saturated rings. The fourth-order valence-corrected chi connectivity index (χ4v) is 3.55. The summed E-state index contributed by atoms with van der Waals surface area (Å²) in [7, 11) is 0. The van der Waals surface area contributed by atoms with Crippen LogP contribution in [0.15, 0.2) is 60.7 Å². The van der Waals surface area contributed by atoms with Crippen molar-refractivity contribution < 1.29 is 9.90 Å². The number of aliphatic carboxylic acids is 1. The molecule has 0 heterocycles. The molecule has 25 heavy (non-hydrogen) atoms. The lowest BCUT2D eigenvalue weighted by Gasteiger charge is -2.30. The molecule has 0 aliphatic rings. The van der Waals surface area contributed by atoms with Gasteiger partial charge in [0, 0.05) is 0 Å². The van der Waals surface area contributed by atoms with E-state index in [0.717, 1.165) is 24.0 Å². The summed E-state index contributed by atoms with van der Waals surface area (Å²) >= 11 is 0. The molecular formula is C23H30O2. The van der Waals surface area contributed by atoms with E-state index in [1.54, 1.807) is 0 Å². The Kier molecular flexibility index (Phi) is 7.72. The van der Waals surface area contributed by atoms with E-state index < -0.39 is 11.4 Å². The summed E-state index contributed by atoms with van der Waals surface area (Å²) in [5.41, 5.74) is 1.16. The molecule has 2 aromatic rings. The largest absolute Gasteiger partial charge is 0.481 e. The highest BCUT2D eigenvalue weighted by Crippen LogP contribution is 2.35.